The van der Waals surface area contributed by atoms with Crippen molar-refractivity contribution in [2.45, 2.75) is 25.4 Å². The Labute approximate surface area is 108 Å². The highest BCUT2D eigenvalue weighted by molar-refractivity contribution is 5.72. The maximum atomic E-state index is 11.4. The number of likely N-dealkylation sites (tertiary alicyclic amines) is 1. The van der Waals surface area contributed by atoms with Crippen LogP contribution in [0.15, 0.2) is 24.3 Å². The van der Waals surface area contributed by atoms with Crippen molar-refractivity contribution in [3.8, 4) is 0 Å². The molecule has 0 saturated carbocycles. The number of rotatable bonds is 4. The van der Waals surface area contributed by atoms with Gasteiger partial charge in [-0.05, 0) is 17.5 Å². The van der Waals surface area contributed by atoms with Gasteiger partial charge >= 0.3 is 5.97 Å². The van der Waals surface area contributed by atoms with Gasteiger partial charge in [-0.15, -0.1) is 0 Å². The molecule has 4 nitrogen and oxygen atoms in total. The number of methoxy groups -OCH3 is 1. The summed E-state index contributed by atoms with van der Waals surface area (Å²) in [6.45, 7) is 2.83. The number of nitrogens with zero attached hydrogens (tertiary/aromatic N) is 1. The predicted molar refractivity (Wildman–Crippen MR) is 70.0 cm³/mol. The van der Waals surface area contributed by atoms with Gasteiger partial charge in [-0.25, -0.2) is 0 Å². The maximum Gasteiger partial charge on any atom is 0.309 e. The minimum Gasteiger partial charge on any atom is -0.469 e. The molecule has 1 saturated heterocycles. The number of nitrogens with two attached hydrogens (primary N) is 1. The molecule has 0 aliphatic carbocycles. The number of esters is 1. The maximum absolute atomic E-state index is 11.4. The molecular weight excluding hydrogens is 228 g/mol. The van der Waals surface area contributed by atoms with E-state index in [0.717, 1.165) is 31.6 Å². The van der Waals surface area contributed by atoms with E-state index in [1.54, 1.807) is 0 Å². The summed E-state index contributed by atoms with van der Waals surface area (Å²) in [6.07, 6.45) is 1.39. The Morgan fingerprint density at radius 2 is 2.17 bits per heavy atom. The SMILES string of the molecule is COC(=O)Cc1ccccc1CN1CCC(N)C1. The van der Waals surface area contributed by atoms with Crippen LogP contribution in [0.5, 0.6) is 0 Å². The highest BCUT2D eigenvalue weighted by Gasteiger charge is 2.20. The van der Waals surface area contributed by atoms with E-state index in [-0.39, 0.29) is 12.0 Å². The van der Waals surface area contributed by atoms with E-state index in [1.807, 2.05) is 18.2 Å². The van der Waals surface area contributed by atoms with Crippen LogP contribution in [-0.4, -0.2) is 37.1 Å². The Balaban J connectivity index is 2.05. The number of ether oxygens (including phenoxy) is 1. The van der Waals surface area contributed by atoms with Crippen molar-refractivity contribution in [3.63, 3.8) is 0 Å². The van der Waals surface area contributed by atoms with Crippen LogP contribution in [0.1, 0.15) is 17.5 Å². The zero-order valence-corrected chi connectivity index (χ0v) is 10.8. The van der Waals surface area contributed by atoms with E-state index in [2.05, 4.69) is 11.0 Å². The number of benzene rings is 1. The van der Waals surface area contributed by atoms with Crippen LogP contribution in [0, 0.1) is 0 Å². The molecule has 0 spiro atoms. The minimum atomic E-state index is -0.194. The van der Waals surface area contributed by atoms with Gasteiger partial charge in [0.15, 0.2) is 0 Å². The minimum absolute atomic E-state index is 0.194. The molecule has 1 aromatic carbocycles. The summed E-state index contributed by atoms with van der Waals surface area (Å²) in [5, 5.41) is 0. The largest absolute Gasteiger partial charge is 0.469 e. The molecule has 2 rings (SSSR count). The molecule has 1 aliphatic heterocycles. The molecule has 98 valence electrons. The van der Waals surface area contributed by atoms with E-state index < -0.39 is 0 Å². The molecule has 4 heteroatoms. The van der Waals surface area contributed by atoms with Crippen molar-refractivity contribution >= 4 is 5.97 Å². The van der Waals surface area contributed by atoms with Gasteiger partial charge in [0.1, 0.15) is 0 Å². The number of hydrogen-bond acceptors (Lipinski definition) is 4. The summed E-state index contributed by atoms with van der Waals surface area (Å²) in [5.74, 6) is -0.194. The summed E-state index contributed by atoms with van der Waals surface area (Å²) < 4.78 is 4.72. The van der Waals surface area contributed by atoms with Crippen LogP contribution in [0.25, 0.3) is 0 Å². The zero-order chi connectivity index (χ0) is 13.0. The van der Waals surface area contributed by atoms with Crippen molar-refractivity contribution in [1.29, 1.82) is 0 Å². The third-order valence-electron chi connectivity index (χ3n) is 3.38. The Morgan fingerprint density at radius 1 is 1.44 bits per heavy atom. The molecule has 1 atom stereocenters. The van der Waals surface area contributed by atoms with Crippen molar-refractivity contribution in [2.75, 3.05) is 20.2 Å². The first-order valence-electron chi connectivity index (χ1n) is 6.30. The lowest BCUT2D eigenvalue weighted by atomic mass is 10.0. The Hall–Kier alpha value is -1.39. The summed E-state index contributed by atoms with van der Waals surface area (Å²) in [4.78, 5) is 13.7. The average molecular weight is 248 g/mol. The fraction of sp³-hybridized carbons (Fsp3) is 0.500. The molecule has 1 fully saturated rings. The van der Waals surface area contributed by atoms with Crippen LogP contribution in [0.2, 0.25) is 0 Å². The molecule has 1 aromatic rings. The monoisotopic (exact) mass is 248 g/mol. The molecule has 2 N–H and O–H groups in total. The van der Waals surface area contributed by atoms with Crippen LogP contribution in [0.4, 0.5) is 0 Å². The van der Waals surface area contributed by atoms with Gasteiger partial charge in [0.25, 0.3) is 0 Å². The quantitative estimate of drug-likeness (QED) is 0.806. The predicted octanol–water partition coefficient (Wildman–Crippen LogP) is 0.935. The third kappa shape index (κ3) is 3.31. The van der Waals surface area contributed by atoms with Crippen molar-refractivity contribution in [2.24, 2.45) is 5.73 Å². The molecule has 18 heavy (non-hydrogen) atoms. The second-order valence-electron chi connectivity index (χ2n) is 4.81. The van der Waals surface area contributed by atoms with Crippen molar-refractivity contribution < 1.29 is 9.53 Å². The summed E-state index contributed by atoms with van der Waals surface area (Å²) in [7, 11) is 1.42. The number of carbonyl (C=O) groups excluding carboxylic acids is 1. The van der Waals surface area contributed by atoms with Gasteiger partial charge in [-0.1, -0.05) is 24.3 Å². The van der Waals surface area contributed by atoms with Crippen LogP contribution < -0.4 is 5.73 Å². The lowest BCUT2D eigenvalue weighted by Crippen LogP contribution is -2.26. The molecule has 0 amide bonds. The first-order valence-corrected chi connectivity index (χ1v) is 6.30. The normalized spacial score (nSPS) is 20.0. The highest BCUT2D eigenvalue weighted by Crippen LogP contribution is 2.16. The van der Waals surface area contributed by atoms with E-state index in [9.17, 15) is 4.79 Å². The van der Waals surface area contributed by atoms with Gasteiger partial charge in [-0.3, -0.25) is 9.69 Å². The first-order chi connectivity index (χ1) is 8.69. The molecular formula is C14H20N2O2. The van der Waals surface area contributed by atoms with Gasteiger partial charge in [0.05, 0.1) is 13.5 Å². The smallest absolute Gasteiger partial charge is 0.309 e. The summed E-state index contributed by atoms with van der Waals surface area (Å²) >= 11 is 0. The fourth-order valence-corrected chi connectivity index (χ4v) is 2.36. The second kappa shape index (κ2) is 5.98. The van der Waals surface area contributed by atoms with Crippen LogP contribution in [0.3, 0.4) is 0 Å². The molecule has 1 aliphatic rings. The first kappa shape index (κ1) is 13.1. The lowest BCUT2D eigenvalue weighted by molar-refractivity contribution is -0.139. The van der Waals surface area contributed by atoms with Crippen LogP contribution >= 0.6 is 0 Å². The van der Waals surface area contributed by atoms with E-state index in [1.165, 1.54) is 12.7 Å². The fourth-order valence-electron chi connectivity index (χ4n) is 2.36. The van der Waals surface area contributed by atoms with E-state index in [0.29, 0.717) is 6.42 Å². The van der Waals surface area contributed by atoms with Gasteiger partial charge in [-0.2, -0.15) is 0 Å². The Morgan fingerprint density at radius 3 is 2.78 bits per heavy atom. The zero-order valence-electron chi connectivity index (χ0n) is 10.8. The molecule has 1 heterocycles. The number of hydrogen-bond donors (Lipinski definition) is 1. The molecule has 0 radical (unpaired) electrons. The van der Waals surface area contributed by atoms with E-state index >= 15 is 0 Å². The molecule has 0 bridgehead atoms. The summed E-state index contributed by atoms with van der Waals surface area (Å²) in [5.41, 5.74) is 8.14. The van der Waals surface area contributed by atoms with Gasteiger partial charge in [0, 0.05) is 25.7 Å². The number of carbonyl (C=O) groups is 1. The average Bonchev–Trinajstić information content (AvgIpc) is 2.77. The second-order valence-corrected chi connectivity index (χ2v) is 4.81. The van der Waals surface area contributed by atoms with Crippen molar-refractivity contribution in [3.05, 3.63) is 35.4 Å². The third-order valence-corrected chi connectivity index (χ3v) is 3.38. The standard InChI is InChI=1S/C14H20N2O2/c1-18-14(17)8-11-4-2-3-5-12(11)9-16-7-6-13(15)10-16/h2-5,13H,6-10,15H2,1H3. The topological polar surface area (TPSA) is 55.6 Å². The van der Waals surface area contributed by atoms with Crippen LogP contribution in [-0.2, 0) is 22.5 Å². The van der Waals surface area contributed by atoms with E-state index in [4.69, 9.17) is 10.5 Å². The molecule has 0 aromatic heterocycles. The lowest BCUT2D eigenvalue weighted by Gasteiger charge is -2.17. The Kier molecular flexibility index (Phi) is 4.33. The Bertz CT molecular complexity index is 420. The highest BCUT2D eigenvalue weighted by atomic mass is 16.5. The van der Waals surface area contributed by atoms with Gasteiger partial charge < -0.3 is 10.5 Å². The molecule has 1 unspecified atom stereocenters. The summed E-state index contributed by atoms with van der Waals surface area (Å²) in [6, 6.07) is 8.31. The van der Waals surface area contributed by atoms with Gasteiger partial charge in [0.2, 0.25) is 0 Å². The van der Waals surface area contributed by atoms with Crippen molar-refractivity contribution in [1.82, 2.24) is 4.90 Å².